The van der Waals surface area contributed by atoms with Crippen molar-refractivity contribution in [1.29, 1.82) is 0 Å². The van der Waals surface area contributed by atoms with Gasteiger partial charge in [0.2, 0.25) is 17.7 Å². The predicted octanol–water partition coefficient (Wildman–Crippen LogP) is -9.76. The third kappa shape index (κ3) is 48.1. The highest BCUT2D eigenvalue weighted by Crippen LogP contribution is 2.29. The zero-order valence-electron chi connectivity index (χ0n) is 75.9. The number of rotatable bonds is 66. The van der Waals surface area contributed by atoms with Crippen molar-refractivity contribution in [2.24, 2.45) is 22.9 Å². The average Bonchev–Trinajstić information content (AvgIpc) is 0.811. The van der Waals surface area contributed by atoms with Crippen LogP contribution in [0.25, 0.3) is 0 Å². The molecule has 3 fully saturated rings. The van der Waals surface area contributed by atoms with Gasteiger partial charge in [0, 0.05) is 79.2 Å². The number of nitrogens with one attached hydrogen (secondary N) is 4. The first-order chi connectivity index (χ1) is 61.9. The van der Waals surface area contributed by atoms with Crippen LogP contribution in [0.2, 0.25) is 0 Å². The summed E-state index contributed by atoms with van der Waals surface area (Å²) in [6.45, 7) is 7.17. The van der Waals surface area contributed by atoms with E-state index in [4.69, 9.17) is 51.4 Å². The summed E-state index contributed by atoms with van der Waals surface area (Å²) >= 11 is 0. The summed E-state index contributed by atoms with van der Waals surface area (Å²) in [7, 11) is 0. The van der Waals surface area contributed by atoms with Crippen molar-refractivity contribution >= 4 is 35.4 Å². The molecule has 0 aromatic rings. The fourth-order valence-corrected chi connectivity index (χ4v) is 13.6. The van der Waals surface area contributed by atoms with Gasteiger partial charge in [0.25, 0.3) is 17.7 Å². The molecular weight excluding hydrogens is 1720 g/mol. The van der Waals surface area contributed by atoms with Crippen molar-refractivity contribution in [1.82, 2.24) is 31.1 Å². The Bertz CT molecular complexity index is 2960. The molecule has 3 aliphatic rings. The molecule has 0 aromatic carbocycles. The lowest BCUT2D eigenvalue weighted by molar-refractivity contribution is -0.326. The standard InChI is InChI=1S/C34H65N3O12.C28H51N3O13.C17H34N2O11.C5H14N2.H2/c1-2-3-4-5-6-7-8-9-10-11-12-13-14-15-16-17-26(41)37(20-18-35)21-19-36-33(47)30(45)29(44)32(24(40)22-38)49-34-31(46)28(43)27(42)25(23-39)48-34;1-4-5-6-7-8-9-16(2)27(42)31(12-10-29-17(3)34)13-11-30-26(41)23(39)22(38)25(18(35)14-32)44-28-24(40)21(37)20(36)19(15-33)43-28;18-4-2-1-3-5-19-16(28)13(26)12(25)15(8(22)6-20)30-17-14(27)11(24)10(23)9(7-21)29-17;6-4-2-1-3-5-7;/h9-10,24-25,27-32,34,38-40,42-46H,2-8,11-23,35H2,1H3,(H,36,47);18-25,28,32-33,35-40H,2,4-15H2,1,3H3,(H,29,34)(H,30,41);8-15,17,20-27H,1-7,18H2,(H,19,28);1-7H2;1H/b10-9+;;;;/t24?,25?,27-,28-,29?,30?,31?,32?,34-;18?,19?,20-,21-,22?,23?,24?,25?,28-;8?,9?,10-,11-,12?,13?,14?,15?,17-;;/m000../s1/i;;;;1+1. The van der Waals surface area contributed by atoms with E-state index in [0.717, 1.165) is 116 Å². The summed E-state index contributed by atoms with van der Waals surface area (Å²) in [6.07, 6.45) is -19.0. The lowest BCUT2D eigenvalue weighted by Crippen LogP contribution is -2.62. The maximum absolute atomic E-state index is 13.0. The number of allylic oxidation sites excluding steroid dienone is 2. The van der Waals surface area contributed by atoms with E-state index >= 15 is 0 Å². The van der Waals surface area contributed by atoms with Gasteiger partial charge in [0.05, 0.1) is 39.6 Å². The summed E-state index contributed by atoms with van der Waals surface area (Å²) in [5.41, 5.74) is 21.9. The number of carbonyl (C=O) groups excluding carboxylic acids is 6. The maximum Gasteiger partial charge on any atom is 0.251 e. The van der Waals surface area contributed by atoms with Gasteiger partial charge in [0.15, 0.2) is 37.2 Å². The van der Waals surface area contributed by atoms with Gasteiger partial charge >= 0.3 is 0 Å². The van der Waals surface area contributed by atoms with Crippen LogP contribution in [0, 0.1) is 0 Å². The number of carbonyl (C=O) groups is 6. The van der Waals surface area contributed by atoms with Crippen LogP contribution in [-0.2, 0) is 57.2 Å². The van der Waals surface area contributed by atoms with E-state index < -0.39 is 223 Å². The van der Waals surface area contributed by atoms with Crippen LogP contribution in [0.15, 0.2) is 24.3 Å². The van der Waals surface area contributed by atoms with Crippen LogP contribution in [0.5, 0.6) is 0 Å². The van der Waals surface area contributed by atoms with E-state index in [-0.39, 0.29) is 78.1 Å². The summed E-state index contributed by atoms with van der Waals surface area (Å²) in [6, 6.07) is 0. The van der Waals surface area contributed by atoms with Crippen LogP contribution < -0.4 is 44.2 Å². The molecular formula is C84H166N10O36. The van der Waals surface area contributed by atoms with Crippen molar-refractivity contribution in [3.05, 3.63) is 24.3 Å². The molecule has 0 aliphatic carbocycles. The molecule has 3 aliphatic heterocycles. The molecule has 0 saturated carbocycles. The Kier molecular flexibility index (Phi) is 71.3. The Morgan fingerprint density at radius 2 is 0.677 bits per heavy atom. The molecule has 46 nitrogen and oxygen atoms in total. The van der Waals surface area contributed by atoms with Crippen LogP contribution in [0.3, 0.4) is 0 Å². The summed E-state index contributed by atoms with van der Waals surface area (Å²) < 4.78 is 31.4. The van der Waals surface area contributed by atoms with Gasteiger partial charge in [-0.25, -0.2) is 0 Å². The molecule has 27 atom stereocenters. The van der Waals surface area contributed by atoms with E-state index in [1.54, 1.807) is 0 Å². The van der Waals surface area contributed by atoms with E-state index in [0.29, 0.717) is 31.4 Å². The molecule has 46 heteroatoms. The minimum Gasteiger partial charge on any atom is -0.394 e. The fourth-order valence-electron chi connectivity index (χ4n) is 13.6. The van der Waals surface area contributed by atoms with Crippen molar-refractivity contribution < 1.29 is 181 Å². The summed E-state index contributed by atoms with van der Waals surface area (Å²) in [5.74, 6) is -3.92. The van der Waals surface area contributed by atoms with E-state index in [1.807, 2.05) is 0 Å². The fraction of sp³-hybridized carbons (Fsp3) is 0.881. The van der Waals surface area contributed by atoms with E-state index in [2.05, 4.69) is 53.8 Å². The molecule has 0 aromatic heterocycles. The second-order valence-corrected chi connectivity index (χ2v) is 32.4. The van der Waals surface area contributed by atoms with Crippen molar-refractivity contribution in [2.45, 2.75) is 353 Å². The number of hydrogen-bond donors (Lipinski definition) is 32. The van der Waals surface area contributed by atoms with Gasteiger partial charge in [0.1, 0.15) is 128 Å². The zero-order valence-corrected chi connectivity index (χ0v) is 75.9. The van der Waals surface area contributed by atoms with Crippen LogP contribution >= 0.6 is 0 Å². The van der Waals surface area contributed by atoms with Gasteiger partial charge in [-0.15, -0.1) is 0 Å². The number of ether oxygens (including phenoxy) is 6. The van der Waals surface area contributed by atoms with E-state index in [9.17, 15) is 151 Å². The number of aliphatic hydroxyl groups is 24. The highest BCUT2D eigenvalue weighted by Gasteiger charge is 2.51. The molecule has 0 spiro atoms. The second-order valence-electron chi connectivity index (χ2n) is 32.4. The number of nitrogens with zero attached hydrogens (tertiary/aromatic N) is 2. The SMILES string of the molecule is C=C(CCCCCCC)C(=O)N(CCNC(C)=O)CCNC(=O)C(O)C(O)C(O[C@@H]1OC(CO)[C@H](O)[C@H](O)C1O)C(O)CO.CCCCCCCC/C=C/CCCCCCCC(=O)N(CCN)CCNC(=O)C(O)C(O)C(O[C@@H]1OC(CO)[C@H](O)[C@H](O)C1O)C(O)CO.NCCCCCN.NCCCCCNC(=O)C(O)C(O)C(O[C@@H]1OC(CO)[C@H](O)[C@H](O)C1O)C(O)CO.[2HH]. The Balaban J connectivity index is 0. The minimum absolute atomic E-state index is 0. The minimum atomic E-state index is -2.24. The predicted molar refractivity (Wildman–Crippen MR) is 470 cm³/mol. The molecule has 6 amide bonds. The molecule has 36 N–H and O–H groups in total. The lowest BCUT2D eigenvalue weighted by atomic mass is 9.98. The van der Waals surface area contributed by atoms with Gasteiger partial charge in [-0.1, -0.05) is 122 Å². The van der Waals surface area contributed by atoms with Crippen LogP contribution in [-0.4, -0.2) is 451 Å². The Labute approximate surface area is 763 Å². The third-order valence-electron chi connectivity index (χ3n) is 21.7. The van der Waals surface area contributed by atoms with Gasteiger partial charge in [-0.05, 0) is 90.3 Å². The highest BCUT2D eigenvalue weighted by atomic mass is 16.7. The van der Waals surface area contributed by atoms with Crippen molar-refractivity contribution in [3.63, 3.8) is 0 Å². The topological polar surface area (TPSA) is 802 Å². The number of hydrogen-bond acceptors (Lipinski definition) is 40. The summed E-state index contributed by atoms with van der Waals surface area (Å²) in [4.78, 5) is 77.4. The Morgan fingerprint density at radius 1 is 0.377 bits per heavy atom. The first-order valence-electron chi connectivity index (χ1n) is 45.5. The Hall–Kier alpha value is -5.06. The molecule has 3 rings (SSSR count). The molecule has 3 saturated heterocycles. The average molecular weight is 1890 g/mol. The highest BCUT2D eigenvalue weighted by molar-refractivity contribution is 5.93. The zero-order chi connectivity index (χ0) is 98.4. The van der Waals surface area contributed by atoms with Crippen LogP contribution in [0.1, 0.15) is 189 Å². The second kappa shape index (κ2) is 74.2. The molecule has 3 heterocycles. The quantitative estimate of drug-likeness (QED) is 0.0153. The lowest BCUT2D eigenvalue weighted by Gasteiger charge is -2.42. The largest absolute Gasteiger partial charge is 0.394 e. The molecule has 0 bridgehead atoms. The van der Waals surface area contributed by atoms with Crippen LogP contribution in [0.4, 0.5) is 0 Å². The number of nitrogens with two attached hydrogens (primary N) is 4. The molecule has 768 valence electrons. The van der Waals surface area contributed by atoms with Crippen molar-refractivity contribution in [3.8, 4) is 0 Å². The molecule has 130 heavy (non-hydrogen) atoms. The van der Waals surface area contributed by atoms with E-state index in [1.165, 1.54) is 61.7 Å². The van der Waals surface area contributed by atoms with Gasteiger partial charge in [-0.2, -0.15) is 0 Å². The van der Waals surface area contributed by atoms with Gasteiger partial charge < -0.3 is 205 Å². The smallest absolute Gasteiger partial charge is 0.251 e. The van der Waals surface area contributed by atoms with Gasteiger partial charge in [-0.3, -0.25) is 28.8 Å². The number of unbranched alkanes of at least 4 members (excludes halogenated alkanes) is 19. The number of amides is 6. The first kappa shape index (κ1) is 125. The normalized spacial score (nSPS) is 24.9. The molecule has 18 unspecified atom stereocenters. The Morgan fingerprint density at radius 3 is 1.00 bits per heavy atom. The monoisotopic (exact) mass is 1890 g/mol. The summed E-state index contributed by atoms with van der Waals surface area (Å²) in [5, 5.41) is 249. The molecule has 0 radical (unpaired) electrons. The maximum atomic E-state index is 13.0. The third-order valence-corrected chi connectivity index (χ3v) is 21.7. The van der Waals surface area contributed by atoms with Crippen molar-refractivity contribution in [2.75, 3.05) is 118 Å². The number of aliphatic hydroxyl groups excluding tert-OH is 24. The first-order valence-corrected chi connectivity index (χ1v) is 45.5.